The lowest BCUT2D eigenvalue weighted by Crippen LogP contribution is -2.34. The molecule has 0 aliphatic heterocycles. The minimum Gasteiger partial charge on any atom is -0.497 e. The van der Waals surface area contributed by atoms with Crippen LogP contribution in [0.1, 0.15) is 15.9 Å². The number of benzene rings is 3. The lowest BCUT2D eigenvalue weighted by Gasteiger charge is -2.06. The van der Waals surface area contributed by atoms with Gasteiger partial charge < -0.3 is 9.47 Å². The second-order valence-corrected chi connectivity index (χ2v) is 8.38. The monoisotopic (exact) mass is 467 g/mol. The van der Waals surface area contributed by atoms with Gasteiger partial charge in [-0.05, 0) is 66.2 Å². The Morgan fingerprint density at radius 1 is 0.909 bits per heavy atom. The highest BCUT2D eigenvalue weighted by molar-refractivity contribution is 7.89. The van der Waals surface area contributed by atoms with E-state index in [1.807, 2.05) is 0 Å². The number of ether oxygens (including phenoxy) is 2. The zero-order valence-corrected chi connectivity index (χ0v) is 18.4. The van der Waals surface area contributed by atoms with Crippen molar-refractivity contribution in [3.63, 3.8) is 0 Å². The van der Waals surface area contributed by atoms with Gasteiger partial charge in [-0.2, -0.15) is 5.10 Å². The zero-order valence-electron chi connectivity index (χ0n) is 17.6. The van der Waals surface area contributed by atoms with E-state index in [9.17, 15) is 18.0 Å². The quantitative estimate of drug-likeness (QED) is 0.216. The molecule has 0 saturated carbocycles. The number of rotatable bonds is 9. The number of methoxy groups -OCH3 is 1. The number of nitrogens with one attached hydrogen (secondary N) is 2. The number of carbonyl (C=O) groups excluding carboxylic acids is 2. The molecular weight excluding hydrogens is 446 g/mol. The van der Waals surface area contributed by atoms with Crippen LogP contribution in [0.3, 0.4) is 0 Å². The third-order valence-corrected chi connectivity index (χ3v) is 5.71. The van der Waals surface area contributed by atoms with Crippen LogP contribution in [0.5, 0.6) is 11.5 Å². The first kappa shape index (κ1) is 23.6. The zero-order chi connectivity index (χ0) is 23.7. The van der Waals surface area contributed by atoms with E-state index >= 15 is 0 Å². The van der Waals surface area contributed by atoms with Crippen LogP contribution in [0.25, 0.3) is 0 Å². The maximum absolute atomic E-state index is 12.2. The maximum Gasteiger partial charge on any atom is 0.343 e. The molecule has 0 radical (unpaired) electrons. The number of amides is 1. The highest BCUT2D eigenvalue weighted by Gasteiger charge is 2.14. The summed E-state index contributed by atoms with van der Waals surface area (Å²) in [7, 11) is -2.24. The second-order valence-electron chi connectivity index (χ2n) is 6.62. The molecule has 0 aliphatic carbocycles. The molecule has 0 saturated heterocycles. The molecular formula is C23H21N3O6S. The van der Waals surface area contributed by atoms with E-state index in [4.69, 9.17) is 9.47 Å². The predicted octanol–water partition coefficient (Wildman–Crippen LogP) is 2.34. The molecule has 10 heteroatoms. The van der Waals surface area contributed by atoms with Crippen LogP contribution in [-0.2, 0) is 14.8 Å². The molecule has 0 fully saturated rings. The van der Waals surface area contributed by atoms with Crippen LogP contribution in [0.15, 0.2) is 88.9 Å². The van der Waals surface area contributed by atoms with E-state index in [0.29, 0.717) is 22.6 Å². The summed E-state index contributed by atoms with van der Waals surface area (Å²) in [6, 6.07) is 20.7. The smallest absolute Gasteiger partial charge is 0.343 e. The van der Waals surface area contributed by atoms with Gasteiger partial charge in [0.05, 0.1) is 30.3 Å². The fourth-order valence-corrected chi connectivity index (χ4v) is 3.58. The first-order valence-electron chi connectivity index (χ1n) is 9.70. The van der Waals surface area contributed by atoms with Gasteiger partial charge in [-0.1, -0.05) is 18.2 Å². The van der Waals surface area contributed by atoms with Crippen LogP contribution in [0.2, 0.25) is 0 Å². The van der Waals surface area contributed by atoms with Crippen molar-refractivity contribution >= 4 is 28.1 Å². The number of hydrogen-bond donors (Lipinski definition) is 2. The van der Waals surface area contributed by atoms with Crippen molar-refractivity contribution in [1.82, 2.24) is 10.1 Å². The third kappa shape index (κ3) is 6.99. The standard InChI is InChI=1S/C23H21N3O6S/c1-31-19-13-9-18(10-14-19)23(28)32-20-11-7-17(8-12-20)15-24-26-22(27)16-25-33(29,30)21-5-3-2-4-6-21/h2-15,25H,16H2,1H3,(H,26,27)/b24-15-. The molecule has 0 aliphatic rings. The molecule has 9 nitrogen and oxygen atoms in total. The Hall–Kier alpha value is -4.02. The molecule has 0 atom stereocenters. The van der Waals surface area contributed by atoms with Crippen molar-refractivity contribution in [2.75, 3.05) is 13.7 Å². The Morgan fingerprint density at radius 3 is 2.18 bits per heavy atom. The molecule has 3 aromatic rings. The summed E-state index contributed by atoms with van der Waals surface area (Å²) in [5.74, 6) is -0.164. The summed E-state index contributed by atoms with van der Waals surface area (Å²) in [5, 5.41) is 3.79. The summed E-state index contributed by atoms with van der Waals surface area (Å²) in [6.07, 6.45) is 1.37. The molecule has 0 aromatic heterocycles. The van der Waals surface area contributed by atoms with Crippen molar-refractivity contribution < 1.29 is 27.5 Å². The molecule has 33 heavy (non-hydrogen) atoms. The van der Waals surface area contributed by atoms with Crippen LogP contribution in [0, 0.1) is 0 Å². The number of esters is 1. The molecule has 0 spiro atoms. The maximum atomic E-state index is 12.2. The largest absolute Gasteiger partial charge is 0.497 e. The number of nitrogens with zero attached hydrogens (tertiary/aromatic N) is 1. The molecule has 0 heterocycles. The van der Waals surface area contributed by atoms with Crippen LogP contribution >= 0.6 is 0 Å². The summed E-state index contributed by atoms with van der Waals surface area (Å²) < 4.78 is 36.7. The molecule has 0 bridgehead atoms. The number of hydrazone groups is 1. The van der Waals surface area contributed by atoms with Crippen molar-refractivity contribution in [3.05, 3.63) is 90.0 Å². The lowest BCUT2D eigenvalue weighted by molar-refractivity contribution is -0.119. The summed E-state index contributed by atoms with van der Waals surface area (Å²) in [6.45, 7) is -0.463. The van der Waals surface area contributed by atoms with Crippen LogP contribution in [0.4, 0.5) is 0 Å². The van der Waals surface area contributed by atoms with Gasteiger partial charge in [0.25, 0.3) is 5.91 Å². The summed E-state index contributed by atoms with van der Waals surface area (Å²) >= 11 is 0. The molecule has 170 valence electrons. The average molecular weight is 468 g/mol. The first-order chi connectivity index (χ1) is 15.9. The molecule has 2 N–H and O–H groups in total. The first-order valence-corrected chi connectivity index (χ1v) is 11.2. The van der Waals surface area contributed by atoms with Crippen LogP contribution < -0.4 is 19.6 Å². The number of carbonyl (C=O) groups is 2. The van der Waals surface area contributed by atoms with Gasteiger partial charge >= 0.3 is 5.97 Å². The Bertz CT molecular complexity index is 1230. The van der Waals surface area contributed by atoms with Crippen molar-refractivity contribution in [3.8, 4) is 11.5 Å². The van der Waals surface area contributed by atoms with E-state index in [1.54, 1.807) is 66.7 Å². The third-order valence-electron chi connectivity index (χ3n) is 4.30. The van der Waals surface area contributed by atoms with E-state index in [-0.39, 0.29) is 4.90 Å². The van der Waals surface area contributed by atoms with Crippen LogP contribution in [-0.4, -0.2) is 40.2 Å². The van der Waals surface area contributed by atoms with Gasteiger partial charge in [0.2, 0.25) is 10.0 Å². The summed E-state index contributed by atoms with van der Waals surface area (Å²) in [5.41, 5.74) is 3.25. The van der Waals surface area contributed by atoms with Gasteiger partial charge in [-0.25, -0.2) is 23.4 Å². The van der Waals surface area contributed by atoms with Gasteiger partial charge in [-0.3, -0.25) is 4.79 Å². The number of hydrogen-bond acceptors (Lipinski definition) is 7. The SMILES string of the molecule is COc1ccc(C(=O)Oc2ccc(/C=N\NC(=O)CNS(=O)(=O)c3ccccc3)cc2)cc1. The Labute approximate surface area is 191 Å². The molecule has 3 aromatic carbocycles. The van der Waals surface area contributed by atoms with Gasteiger partial charge in [0, 0.05) is 0 Å². The highest BCUT2D eigenvalue weighted by atomic mass is 32.2. The summed E-state index contributed by atoms with van der Waals surface area (Å²) in [4.78, 5) is 24.1. The van der Waals surface area contributed by atoms with Crippen molar-refractivity contribution in [2.24, 2.45) is 5.10 Å². The normalized spacial score (nSPS) is 11.2. The molecule has 3 rings (SSSR count). The number of sulfonamides is 1. The Morgan fingerprint density at radius 2 is 1.55 bits per heavy atom. The van der Waals surface area contributed by atoms with Gasteiger partial charge in [0.1, 0.15) is 11.5 Å². The van der Waals surface area contributed by atoms with Crippen molar-refractivity contribution in [2.45, 2.75) is 4.90 Å². The van der Waals surface area contributed by atoms with Crippen molar-refractivity contribution in [1.29, 1.82) is 0 Å². The average Bonchev–Trinajstić information content (AvgIpc) is 2.84. The Kier molecular flexibility index (Phi) is 7.90. The van der Waals surface area contributed by atoms with Gasteiger partial charge in [-0.15, -0.1) is 0 Å². The minimum absolute atomic E-state index is 0.0640. The highest BCUT2D eigenvalue weighted by Crippen LogP contribution is 2.16. The second kappa shape index (κ2) is 11.0. The van der Waals surface area contributed by atoms with E-state index in [2.05, 4.69) is 15.2 Å². The van der Waals surface area contributed by atoms with E-state index in [1.165, 1.54) is 25.5 Å². The fraction of sp³-hybridized carbons (Fsp3) is 0.0870. The molecule has 0 unspecified atom stereocenters. The topological polar surface area (TPSA) is 123 Å². The molecule has 1 amide bonds. The lowest BCUT2D eigenvalue weighted by atomic mass is 10.2. The predicted molar refractivity (Wildman–Crippen MR) is 122 cm³/mol. The Balaban J connectivity index is 1.47. The van der Waals surface area contributed by atoms with Gasteiger partial charge in [0.15, 0.2) is 0 Å². The van der Waals surface area contributed by atoms with E-state index in [0.717, 1.165) is 0 Å². The van der Waals surface area contributed by atoms with E-state index < -0.39 is 28.4 Å². The fourth-order valence-electron chi connectivity index (χ4n) is 2.58. The minimum atomic E-state index is -3.78.